The van der Waals surface area contributed by atoms with Gasteiger partial charge < -0.3 is 9.31 Å². The lowest BCUT2D eigenvalue weighted by molar-refractivity contribution is 0.00578. The fourth-order valence-corrected chi connectivity index (χ4v) is 9.15. The first-order valence-corrected chi connectivity index (χ1v) is 25.7. The molecule has 12 heteroatoms. The summed E-state index contributed by atoms with van der Waals surface area (Å²) in [7, 11) is -0.445. The second kappa shape index (κ2) is 22.7. The van der Waals surface area contributed by atoms with E-state index >= 15 is 0 Å². The molecule has 8 nitrogen and oxygen atoms in total. The average Bonchev–Trinajstić information content (AvgIpc) is 3.65. The third-order valence-electron chi connectivity index (χ3n) is 12.1. The van der Waals surface area contributed by atoms with Crippen molar-refractivity contribution in [2.45, 2.75) is 38.9 Å². The van der Waals surface area contributed by atoms with Crippen LogP contribution in [0.2, 0.25) is 0 Å². The molecule has 0 atom stereocenters. The first-order chi connectivity index (χ1) is 34.9. The summed E-state index contributed by atoms with van der Waals surface area (Å²) in [5.41, 5.74) is 8.04. The minimum absolute atomic E-state index is 0.401. The van der Waals surface area contributed by atoms with Gasteiger partial charge in [0.2, 0.25) is 0 Å². The van der Waals surface area contributed by atoms with Crippen LogP contribution in [0.25, 0.3) is 79.5 Å². The molecule has 0 bridgehead atoms. The van der Waals surface area contributed by atoms with Crippen molar-refractivity contribution < 1.29 is 9.31 Å². The maximum atomic E-state index is 6.25. The number of aromatic nitrogens is 6. The summed E-state index contributed by atoms with van der Waals surface area (Å²) in [6.45, 7) is 8.23. The van der Waals surface area contributed by atoms with Gasteiger partial charge in [0.25, 0.3) is 0 Å². The fraction of sp³-hybridized carbons (Fsp3) is 0.100. The molecule has 11 rings (SSSR count). The predicted octanol–water partition coefficient (Wildman–Crippen LogP) is 15.7. The van der Waals surface area contributed by atoms with E-state index in [4.69, 9.17) is 39.2 Å². The Morgan fingerprint density at radius 3 is 0.931 bits per heavy atom. The Balaban J connectivity index is 0.000000154. The van der Waals surface area contributed by atoms with Crippen LogP contribution in [0.1, 0.15) is 27.7 Å². The Bertz CT molecular complexity index is 3280. The standard InChI is InChI=1S/C27H26BN3O2.C27H18BrN3.C6H4Br2/c1-26(2)27(3,4)33-28(32-26)22-17-11-16-21(18-22)25-30-23(19-12-7-5-8-13-19)29-24(31-25)20-14-9-6-10-15-20;28-24-16-8-14-22(18-24)21-13-7-15-23(17-21)27-30-25(19-9-3-1-4-10-19)29-26(31-27)20-11-5-2-6-12-20;7-5-2-1-3-6(8)4-5/h5-18H,1-4H3;1-18H;1-4H. The van der Waals surface area contributed by atoms with Gasteiger partial charge in [0.05, 0.1) is 11.2 Å². The highest BCUT2D eigenvalue weighted by atomic mass is 79.9. The van der Waals surface area contributed by atoms with Crippen molar-refractivity contribution in [3.05, 3.63) is 232 Å². The van der Waals surface area contributed by atoms with Gasteiger partial charge in [-0.2, -0.15) is 0 Å². The lowest BCUT2D eigenvalue weighted by Crippen LogP contribution is -2.41. The first-order valence-electron chi connectivity index (χ1n) is 23.3. The van der Waals surface area contributed by atoms with E-state index in [1.807, 2.05) is 194 Å². The van der Waals surface area contributed by atoms with Crippen LogP contribution in [0.4, 0.5) is 0 Å². The first kappa shape index (κ1) is 50.2. The number of benzene rings is 8. The SMILES string of the molecule is Brc1cccc(-c2cccc(-c3nc(-c4ccccc4)nc(-c4ccccc4)n3)c2)c1.Brc1cccc(Br)c1.CC1(C)OB(c2cccc(-c3nc(-c4ccccc4)nc(-c4ccccc4)n3)c2)OC1(C)C. The van der Waals surface area contributed by atoms with Gasteiger partial charge >= 0.3 is 7.12 Å². The van der Waals surface area contributed by atoms with Gasteiger partial charge in [0.1, 0.15) is 0 Å². The molecule has 0 amide bonds. The molecule has 0 radical (unpaired) electrons. The minimum atomic E-state index is -0.445. The minimum Gasteiger partial charge on any atom is -0.399 e. The van der Waals surface area contributed by atoms with E-state index in [0.717, 1.165) is 63.4 Å². The monoisotopic (exact) mass is 1130 g/mol. The second-order valence-electron chi connectivity index (χ2n) is 17.8. The maximum absolute atomic E-state index is 6.25. The lowest BCUT2D eigenvalue weighted by atomic mass is 9.78. The Labute approximate surface area is 446 Å². The molecule has 354 valence electrons. The Kier molecular flexibility index (Phi) is 15.8. The number of rotatable bonds is 8. The van der Waals surface area contributed by atoms with Gasteiger partial charge in [0.15, 0.2) is 34.9 Å². The zero-order valence-electron chi connectivity index (χ0n) is 40.0. The normalized spacial score (nSPS) is 13.3. The molecular formula is C60H48BBr3N6O2. The van der Waals surface area contributed by atoms with E-state index in [-0.39, 0.29) is 0 Å². The molecule has 0 spiro atoms. The van der Waals surface area contributed by atoms with Gasteiger partial charge in [-0.15, -0.1) is 0 Å². The molecule has 3 heterocycles. The van der Waals surface area contributed by atoms with Gasteiger partial charge in [-0.1, -0.05) is 230 Å². The number of hydrogen-bond donors (Lipinski definition) is 0. The third kappa shape index (κ3) is 12.4. The maximum Gasteiger partial charge on any atom is 0.494 e. The number of halogens is 3. The molecule has 0 unspecified atom stereocenters. The molecule has 1 aliphatic rings. The quantitative estimate of drug-likeness (QED) is 0.139. The molecule has 2 aromatic heterocycles. The summed E-state index contributed by atoms with van der Waals surface area (Å²) in [6, 6.07) is 72.6. The summed E-state index contributed by atoms with van der Waals surface area (Å²) >= 11 is 10.2. The van der Waals surface area contributed by atoms with Crippen LogP contribution in [-0.2, 0) is 9.31 Å². The largest absolute Gasteiger partial charge is 0.494 e. The van der Waals surface area contributed by atoms with Crippen LogP contribution >= 0.6 is 47.8 Å². The molecule has 10 aromatic rings. The highest BCUT2D eigenvalue weighted by Crippen LogP contribution is 2.37. The van der Waals surface area contributed by atoms with Crippen molar-refractivity contribution in [2.24, 2.45) is 0 Å². The Hall–Kier alpha value is -6.80. The van der Waals surface area contributed by atoms with Crippen LogP contribution in [-0.4, -0.2) is 48.2 Å². The predicted molar refractivity (Wildman–Crippen MR) is 303 cm³/mol. The van der Waals surface area contributed by atoms with Crippen molar-refractivity contribution in [3.63, 3.8) is 0 Å². The molecular weight excluding hydrogens is 1090 g/mol. The second-order valence-corrected chi connectivity index (χ2v) is 20.6. The zero-order valence-corrected chi connectivity index (χ0v) is 44.8. The van der Waals surface area contributed by atoms with E-state index < -0.39 is 18.3 Å². The Morgan fingerprint density at radius 1 is 0.292 bits per heavy atom. The molecule has 8 aromatic carbocycles. The van der Waals surface area contributed by atoms with Gasteiger partial charge in [-0.05, 0) is 80.7 Å². The van der Waals surface area contributed by atoms with Gasteiger partial charge in [0, 0.05) is 46.8 Å². The summed E-state index contributed by atoms with van der Waals surface area (Å²) < 4.78 is 15.8. The van der Waals surface area contributed by atoms with Crippen LogP contribution in [0.3, 0.4) is 0 Å². The van der Waals surface area contributed by atoms with Crippen LogP contribution in [0.5, 0.6) is 0 Å². The highest BCUT2D eigenvalue weighted by Gasteiger charge is 2.51. The molecule has 1 fully saturated rings. The summed E-state index contributed by atoms with van der Waals surface area (Å²) in [5.74, 6) is 3.88. The van der Waals surface area contributed by atoms with Crippen molar-refractivity contribution >= 4 is 60.4 Å². The molecule has 0 N–H and O–H groups in total. The van der Waals surface area contributed by atoms with Crippen molar-refractivity contribution in [1.29, 1.82) is 0 Å². The van der Waals surface area contributed by atoms with Crippen molar-refractivity contribution in [3.8, 4) is 79.5 Å². The topological polar surface area (TPSA) is 95.8 Å². The summed E-state index contributed by atoms with van der Waals surface area (Å²) in [4.78, 5) is 28.8. The summed E-state index contributed by atoms with van der Waals surface area (Å²) in [6.07, 6.45) is 0. The molecule has 0 saturated carbocycles. The number of nitrogens with zero attached hydrogens (tertiary/aromatic N) is 6. The van der Waals surface area contributed by atoms with Crippen molar-refractivity contribution in [1.82, 2.24) is 29.9 Å². The van der Waals surface area contributed by atoms with Crippen LogP contribution in [0, 0.1) is 0 Å². The van der Waals surface area contributed by atoms with E-state index in [9.17, 15) is 0 Å². The molecule has 72 heavy (non-hydrogen) atoms. The fourth-order valence-electron chi connectivity index (χ4n) is 7.64. The van der Waals surface area contributed by atoms with Crippen molar-refractivity contribution in [2.75, 3.05) is 0 Å². The Morgan fingerprint density at radius 2 is 0.569 bits per heavy atom. The molecule has 1 aliphatic heterocycles. The zero-order chi connectivity index (χ0) is 50.1. The van der Waals surface area contributed by atoms with E-state index in [1.165, 1.54) is 0 Å². The summed E-state index contributed by atoms with van der Waals surface area (Å²) in [5, 5.41) is 0. The molecule has 1 saturated heterocycles. The lowest BCUT2D eigenvalue weighted by Gasteiger charge is -2.32. The average molecular weight is 1140 g/mol. The van der Waals surface area contributed by atoms with Crippen LogP contribution in [0.15, 0.2) is 232 Å². The third-order valence-corrected chi connectivity index (χ3v) is 13.6. The van der Waals surface area contributed by atoms with Gasteiger partial charge in [-0.3, -0.25) is 0 Å². The molecule has 0 aliphatic carbocycles. The van der Waals surface area contributed by atoms with E-state index in [1.54, 1.807) is 0 Å². The van der Waals surface area contributed by atoms with Gasteiger partial charge in [-0.25, -0.2) is 29.9 Å². The highest BCUT2D eigenvalue weighted by molar-refractivity contribution is 9.11. The van der Waals surface area contributed by atoms with E-state index in [2.05, 4.69) is 99.8 Å². The number of hydrogen-bond acceptors (Lipinski definition) is 8. The van der Waals surface area contributed by atoms with E-state index in [0.29, 0.717) is 34.9 Å². The smallest absolute Gasteiger partial charge is 0.399 e. The van der Waals surface area contributed by atoms with Crippen LogP contribution < -0.4 is 5.46 Å².